The Kier molecular flexibility index (Phi) is 3.56. The van der Waals surface area contributed by atoms with Crippen molar-refractivity contribution in [1.82, 2.24) is 5.32 Å². The van der Waals surface area contributed by atoms with E-state index >= 15 is 0 Å². The molecule has 0 spiro atoms. The van der Waals surface area contributed by atoms with Crippen molar-refractivity contribution in [3.63, 3.8) is 0 Å². The summed E-state index contributed by atoms with van der Waals surface area (Å²) in [7, 11) is 0. The summed E-state index contributed by atoms with van der Waals surface area (Å²) in [6, 6.07) is 3.26. The van der Waals surface area contributed by atoms with E-state index in [9.17, 15) is 0 Å². The molecule has 1 N–H and O–H groups in total. The van der Waals surface area contributed by atoms with Gasteiger partial charge in [-0.3, -0.25) is 0 Å². The lowest BCUT2D eigenvalue weighted by atomic mass is 10.1. The molecule has 1 aromatic heterocycles. The summed E-state index contributed by atoms with van der Waals surface area (Å²) in [5.74, 6) is 0. The Morgan fingerprint density at radius 2 is 2.50 bits per heavy atom. The monoisotopic (exact) mass is 211 g/mol. The Balaban J connectivity index is 1.75. The Hall–Kier alpha value is -0.380. The zero-order valence-electron chi connectivity index (χ0n) is 8.53. The molecule has 2 heterocycles. The van der Waals surface area contributed by atoms with Gasteiger partial charge in [0.2, 0.25) is 0 Å². The summed E-state index contributed by atoms with van der Waals surface area (Å²) in [5, 5.41) is 7.93. The number of nitrogens with one attached hydrogen (secondary N) is 1. The Labute approximate surface area is 89.3 Å². The predicted octanol–water partition coefficient (Wildman–Crippen LogP) is 2.06. The molecule has 0 radical (unpaired) electrons. The lowest BCUT2D eigenvalue weighted by Crippen LogP contribution is -2.47. The Morgan fingerprint density at radius 3 is 3.21 bits per heavy atom. The maximum atomic E-state index is 5.50. The molecule has 78 valence electrons. The molecular formula is C11H17NOS. The lowest BCUT2D eigenvalue weighted by Gasteiger charge is -2.28. The molecular weight excluding hydrogens is 194 g/mol. The number of aryl methyl sites for hydroxylation is 1. The van der Waals surface area contributed by atoms with Gasteiger partial charge in [0.25, 0.3) is 0 Å². The van der Waals surface area contributed by atoms with Crippen LogP contribution >= 0.6 is 11.3 Å². The van der Waals surface area contributed by atoms with Crippen molar-refractivity contribution in [2.75, 3.05) is 13.2 Å². The number of morpholine rings is 1. The van der Waals surface area contributed by atoms with Crippen LogP contribution in [0.5, 0.6) is 0 Å². The maximum absolute atomic E-state index is 5.50. The summed E-state index contributed by atoms with van der Waals surface area (Å²) in [6.45, 7) is 3.90. The maximum Gasteiger partial charge on any atom is 0.0620 e. The standard InChI is InChI=1S/C11H17NOS/c1-9-6-13-7-11(12-9)3-2-10-4-5-14-8-10/h4-5,8-9,11-12H,2-3,6-7H2,1H3. The molecule has 1 aliphatic heterocycles. The second-order valence-electron chi connectivity index (χ2n) is 3.97. The fourth-order valence-electron chi connectivity index (χ4n) is 1.83. The van der Waals surface area contributed by atoms with Crippen molar-refractivity contribution in [1.29, 1.82) is 0 Å². The van der Waals surface area contributed by atoms with Gasteiger partial charge < -0.3 is 10.1 Å². The summed E-state index contributed by atoms with van der Waals surface area (Å²) >= 11 is 1.78. The number of rotatable bonds is 3. The predicted molar refractivity (Wildman–Crippen MR) is 59.8 cm³/mol. The second-order valence-corrected chi connectivity index (χ2v) is 4.75. The quantitative estimate of drug-likeness (QED) is 0.826. The van der Waals surface area contributed by atoms with E-state index in [2.05, 4.69) is 29.1 Å². The molecule has 1 saturated heterocycles. The van der Waals surface area contributed by atoms with Crippen LogP contribution in [0.15, 0.2) is 16.8 Å². The molecule has 3 heteroatoms. The van der Waals surface area contributed by atoms with Crippen molar-refractivity contribution in [2.45, 2.75) is 31.8 Å². The van der Waals surface area contributed by atoms with Gasteiger partial charge in [0, 0.05) is 12.1 Å². The normalized spacial score (nSPS) is 27.8. The highest BCUT2D eigenvalue weighted by Crippen LogP contribution is 2.11. The molecule has 0 saturated carbocycles. The van der Waals surface area contributed by atoms with Gasteiger partial charge in [0.1, 0.15) is 0 Å². The Bertz CT molecular complexity index is 260. The minimum Gasteiger partial charge on any atom is -0.378 e. The van der Waals surface area contributed by atoms with Gasteiger partial charge in [-0.25, -0.2) is 0 Å². The molecule has 0 aliphatic carbocycles. The highest BCUT2D eigenvalue weighted by Gasteiger charge is 2.17. The van der Waals surface area contributed by atoms with E-state index in [1.807, 2.05) is 0 Å². The van der Waals surface area contributed by atoms with Crippen molar-refractivity contribution in [3.8, 4) is 0 Å². The molecule has 2 unspecified atom stereocenters. The molecule has 1 fully saturated rings. The van der Waals surface area contributed by atoms with Gasteiger partial charge in [-0.05, 0) is 42.2 Å². The summed E-state index contributed by atoms with van der Waals surface area (Å²) < 4.78 is 5.50. The molecule has 2 nitrogen and oxygen atoms in total. The summed E-state index contributed by atoms with van der Waals surface area (Å²) in [4.78, 5) is 0. The molecule has 2 rings (SSSR count). The van der Waals surface area contributed by atoms with Gasteiger partial charge in [0.05, 0.1) is 13.2 Å². The van der Waals surface area contributed by atoms with E-state index < -0.39 is 0 Å². The van der Waals surface area contributed by atoms with Crippen LogP contribution in [-0.4, -0.2) is 25.3 Å². The van der Waals surface area contributed by atoms with E-state index in [1.165, 1.54) is 12.0 Å². The highest BCUT2D eigenvalue weighted by atomic mass is 32.1. The molecule has 1 aliphatic rings. The third-order valence-electron chi connectivity index (χ3n) is 2.57. The van der Waals surface area contributed by atoms with Crippen LogP contribution < -0.4 is 5.32 Å². The van der Waals surface area contributed by atoms with Crippen molar-refractivity contribution < 1.29 is 4.74 Å². The average Bonchev–Trinajstić information content (AvgIpc) is 2.67. The number of thiophene rings is 1. The minimum absolute atomic E-state index is 0.510. The first-order valence-electron chi connectivity index (χ1n) is 5.19. The van der Waals surface area contributed by atoms with Crippen molar-refractivity contribution in [3.05, 3.63) is 22.4 Å². The zero-order chi connectivity index (χ0) is 9.80. The summed E-state index contributed by atoms with van der Waals surface area (Å²) in [5.41, 5.74) is 1.45. The fourth-order valence-corrected chi connectivity index (χ4v) is 2.53. The second kappa shape index (κ2) is 4.91. The van der Waals surface area contributed by atoms with Crippen LogP contribution in [0.1, 0.15) is 18.9 Å². The first-order chi connectivity index (χ1) is 6.84. The third kappa shape index (κ3) is 2.80. The van der Waals surface area contributed by atoms with Crippen LogP contribution in [0.25, 0.3) is 0 Å². The topological polar surface area (TPSA) is 21.3 Å². The van der Waals surface area contributed by atoms with Crippen LogP contribution in [0.4, 0.5) is 0 Å². The van der Waals surface area contributed by atoms with Gasteiger partial charge in [0.15, 0.2) is 0 Å². The zero-order valence-corrected chi connectivity index (χ0v) is 9.35. The van der Waals surface area contributed by atoms with E-state index in [1.54, 1.807) is 11.3 Å². The SMILES string of the molecule is CC1COCC(CCc2ccsc2)N1. The molecule has 1 aromatic rings. The van der Waals surface area contributed by atoms with Crippen LogP contribution in [0.2, 0.25) is 0 Å². The molecule has 2 atom stereocenters. The van der Waals surface area contributed by atoms with E-state index in [0.717, 1.165) is 19.6 Å². The fraction of sp³-hybridized carbons (Fsp3) is 0.636. The van der Waals surface area contributed by atoms with Gasteiger partial charge in [-0.2, -0.15) is 11.3 Å². The highest BCUT2D eigenvalue weighted by molar-refractivity contribution is 7.07. The van der Waals surface area contributed by atoms with Crippen LogP contribution in [0, 0.1) is 0 Å². The number of hydrogen-bond donors (Lipinski definition) is 1. The van der Waals surface area contributed by atoms with Gasteiger partial charge >= 0.3 is 0 Å². The van der Waals surface area contributed by atoms with Gasteiger partial charge in [-0.15, -0.1) is 0 Å². The van der Waals surface area contributed by atoms with Crippen LogP contribution in [0.3, 0.4) is 0 Å². The first kappa shape index (κ1) is 10.1. The van der Waals surface area contributed by atoms with E-state index in [-0.39, 0.29) is 0 Å². The van der Waals surface area contributed by atoms with Crippen molar-refractivity contribution >= 4 is 11.3 Å². The Morgan fingerprint density at radius 1 is 1.57 bits per heavy atom. The smallest absolute Gasteiger partial charge is 0.0620 e. The molecule has 0 aromatic carbocycles. The molecule has 0 bridgehead atoms. The molecule has 14 heavy (non-hydrogen) atoms. The number of ether oxygens (including phenoxy) is 1. The summed E-state index contributed by atoms with van der Waals surface area (Å²) in [6.07, 6.45) is 2.35. The lowest BCUT2D eigenvalue weighted by molar-refractivity contribution is 0.0483. The van der Waals surface area contributed by atoms with E-state index in [0.29, 0.717) is 12.1 Å². The van der Waals surface area contributed by atoms with Gasteiger partial charge in [-0.1, -0.05) is 0 Å². The largest absolute Gasteiger partial charge is 0.378 e. The number of hydrogen-bond acceptors (Lipinski definition) is 3. The first-order valence-corrected chi connectivity index (χ1v) is 6.14. The minimum atomic E-state index is 0.510. The van der Waals surface area contributed by atoms with Crippen molar-refractivity contribution in [2.24, 2.45) is 0 Å². The molecule has 0 amide bonds. The van der Waals surface area contributed by atoms with E-state index in [4.69, 9.17) is 4.74 Å². The average molecular weight is 211 g/mol. The van der Waals surface area contributed by atoms with Crippen LogP contribution in [-0.2, 0) is 11.2 Å². The third-order valence-corrected chi connectivity index (χ3v) is 3.30.